The Labute approximate surface area is 115 Å². The van der Waals surface area contributed by atoms with Crippen molar-refractivity contribution < 1.29 is 13.2 Å². The zero-order chi connectivity index (χ0) is 13.5. The maximum atomic E-state index is 12.3. The quantitative estimate of drug-likeness (QED) is 0.813. The first-order chi connectivity index (χ1) is 9.06. The SMILES string of the molecule is NC(CS(=O)(=O)N1CCOCC1)C1CC2CCC1C2. The number of morpholine rings is 1. The fraction of sp³-hybridized carbons (Fsp3) is 1.00. The van der Waals surface area contributed by atoms with Crippen molar-refractivity contribution in [3.63, 3.8) is 0 Å². The average molecular weight is 288 g/mol. The van der Waals surface area contributed by atoms with E-state index in [2.05, 4.69) is 0 Å². The molecule has 0 aromatic carbocycles. The van der Waals surface area contributed by atoms with Gasteiger partial charge in [-0.3, -0.25) is 0 Å². The van der Waals surface area contributed by atoms with Crippen LogP contribution in [-0.4, -0.2) is 50.8 Å². The summed E-state index contributed by atoms with van der Waals surface area (Å²) in [6.07, 6.45) is 4.99. The molecule has 3 fully saturated rings. The Kier molecular flexibility index (Phi) is 3.86. The normalized spacial score (nSPS) is 37.6. The Hall–Kier alpha value is -0.170. The van der Waals surface area contributed by atoms with Gasteiger partial charge < -0.3 is 10.5 Å². The van der Waals surface area contributed by atoms with Crippen molar-refractivity contribution in [2.75, 3.05) is 32.1 Å². The fourth-order valence-electron chi connectivity index (χ4n) is 4.12. The van der Waals surface area contributed by atoms with E-state index in [1.54, 1.807) is 4.31 Å². The highest BCUT2D eigenvalue weighted by Crippen LogP contribution is 2.49. The van der Waals surface area contributed by atoms with Gasteiger partial charge in [-0.15, -0.1) is 0 Å². The maximum Gasteiger partial charge on any atom is 0.215 e. The van der Waals surface area contributed by atoms with E-state index < -0.39 is 10.0 Å². The summed E-state index contributed by atoms with van der Waals surface area (Å²) < 4.78 is 31.4. The van der Waals surface area contributed by atoms with E-state index in [0.717, 1.165) is 12.3 Å². The van der Waals surface area contributed by atoms with Crippen LogP contribution in [0.2, 0.25) is 0 Å². The topological polar surface area (TPSA) is 72.6 Å². The molecule has 0 amide bonds. The molecule has 4 unspecified atom stereocenters. The van der Waals surface area contributed by atoms with Crippen molar-refractivity contribution in [2.24, 2.45) is 23.5 Å². The van der Waals surface area contributed by atoms with Crippen molar-refractivity contribution in [2.45, 2.75) is 31.7 Å². The number of rotatable bonds is 4. The lowest BCUT2D eigenvalue weighted by Crippen LogP contribution is -2.47. The molecule has 2 aliphatic carbocycles. The average Bonchev–Trinajstić information content (AvgIpc) is 3.01. The van der Waals surface area contributed by atoms with Crippen LogP contribution in [0.1, 0.15) is 25.7 Å². The van der Waals surface area contributed by atoms with Crippen LogP contribution in [0.25, 0.3) is 0 Å². The summed E-state index contributed by atoms with van der Waals surface area (Å²) in [7, 11) is -3.21. The lowest BCUT2D eigenvalue weighted by molar-refractivity contribution is 0.0728. The van der Waals surface area contributed by atoms with Gasteiger partial charge in [0.1, 0.15) is 0 Å². The number of hydrogen-bond donors (Lipinski definition) is 1. The molecule has 1 heterocycles. The number of nitrogens with zero attached hydrogens (tertiary/aromatic N) is 1. The highest BCUT2D eigenvalue weighted by Gasteiger charge is 2.43. The standard InChI is InChI=1S/C13H24N2O3S/c14-13(12-8-10-1-2-11(12)7-10)9-19(16,17)15-3-5-18-6-4-15/h10-13H,1-9,14H2. The van der Waals surface area contributed by atoms with E-state index in [1.165, 1.54) is 19.3 Å². The third-order valence-electron chi connectivity index (χ3n) is 5.11. The molecule has 19 heavy (non-hydrogen) atoms. The van der Waals surface area contributed by atoms with Gasteiger partial charge in [-0.2, -0.15) is 4.31 Å². The van der Waals surface area contributed by atoms with Crippen molar-refractivity contribution >= 4 is 10.0 Å². The van der Waals surface area contributed by atoms with Gasteiger partial charge in [0.2, 0.25) is 10.0 Å². The van der Waals surface area contributed by atoms with E-state index in [1.807, 2.05) is 0 Å². The van der Waals surface area contributed by atoms with Gasteiger partial charge in [-0.1, -0.05) is 6.42 Å². The molecule has 1 saturated heterocycles. The minimum Gasteiger partial charge on any atom is -0.379 e. The van der Waals surface area contributed by atoms with E-state index in [4.69, 9.17) is 10.5 Å². The smallest absolute Gasteiger partial charge is 0.215 e. The number of nitrogens with two attached hydrogens (primary N) is 1. The summed E-state index contributed by atoms with van der Waals surface area (Å²) in [5.41, 5.74) is 6.22. The summed E-state index contributed by atoms with van der Waals surface area (Å²) >= 11 is 0. The van der Waals surface area contributed by atoms with Crippen LogP contribution in [0, 0.1) is 17.8 Å². The van der Waals surface area contributed by atoms with Crippen LogP contribution < -0.4 is 5.73 Å². The second-order valence-electron chi connectivity index (χ2n) is 6.29. The van der Waals surface area contributed by atoms with Crippen molar-refractivity contribution in [1.82, 2.24) is 4.31 Å². The third-order valence-corrected chi connectivity index (χ3v) is 7.07. The second kappa shape index (κ2) is 5.31. The van der Waals surface area contributed by atoms with Gasteiger partial charge in [-0.25, -0.2) is 8.42 Å². The lowest BCUT2D eigenvalue weighted by Gasteiger charge is -2.31. The van der Waals surface area contributed by atoms with Gasteiger partial charge in [0.25, 0.3) is 0 Å². The molecule has 3 aliphatic rings. The maximum absolute atomic E-state index is 12.3. The molecule has 2 N–H and O–H groups in total. The second-order valence-corrected chi connectivity index (χ2v) is 8.31. The molecule has 0 radical (unpaired) electrons. The van der Waals surface area contributed by atoms with Crippen molar-refractivity contribution in [3.05, 3.63) is 0 Å². The summed E-state index contributed by atoms with van der Waals surface area (Å²) in [5.74, 6) is 2.03. The summed E-state index contributed by atoms with van der Waals surface area (Å²) in [5, 5.41) is 0. The first kappa shape index (κ1) is 13.8. The zero-order valence-corrected chi connectivity index (χ0v) is 12.1. The molecule has 0 spiro atoms. The van der Waals surface area contributed by atoms with Gasteiger partial charge in [0.05, 0.1) is 19.0 Å². The Balaban J connectivity index is 1.60. The van der Waals surface area contributed by atoms with E-state index in [0.29, 0.717) is 38.1 Å². The fourth-order valence-corrected chi connectivity index (χ4v) is 5.77. The molecular weight excluding hydrogens is 264 g/mol. The largest absolute Gasteiger partial charge is 0.379 e. The Morgan fingerprint density at radius 2 is 1.95 bits per heavy atom. The van der Waals surface area contributed by atoms with Gasteiger partial charge in [0, 0.05) is 19.1 Å². The molecule has 0 aromatic rings. The van der Waals surface area contributed by atoms with Crippen molar-refractivity contribution in [3.8, 4) is 0 Å². The Morgan fingerprint density at radius 1 is 1.21 bits per heavy atom. The minimum absolute atomic E-state index is 0.112. The number of hydrogen-bond acceptors (Lipinski definition) is 4. The highest BCUT2D eigenvalue weighted by atomic mass is 32.2. The molecule has 3 rings (SSSR count). The van der Waals surface area contributed by atoms with Gasteiger partial charge >= 0.3 is 0 Å². The van der Waals surface area contributed by atoms with Crippen LogP contribution in [-0.2, 0) is 14.8 Å². The minimum atomic E-state index is -3.21. The van der Waals surface area contributed by atoms with Crippen molar-refractivity contribution in [1.29, 1.82) is 0 Å². The van der Waals surface area contributed by atoms with Gasteiger partial charge in [-0.05, 0) is 37.0 Å². The molecule has 110 valence electrons. The number of ether oxygens (including phenoxy) is 1. The first-order valence-electron chi connectivity index (χ1n) is 7.37. The predicted molar refractivity (Wildman–Crippen MR) is 73.1 cm³/mol. The van der Waals surface area contributed by atoms with Crippen LogP contribution in [0.15, 0.2) is 0 Å². The van der Waals surface area contributed by atoms with E-state index >= 15 is 0 Å². The third kappa shape index (κ3) is 2.82. The molecule has 4 atom stereocenters. The van der Waals surface area contributed by atoms with Gasteiger partial charge in [0.15, 0.2) is 0 Å². The van der Waals surface area contributed by atoms with Crippen LogP contribution in [0.4, 0.5) is 0 Å². The number of sulfonamides is 1. The Bertz CT molecular complexity index is 420. The van der Waals surface area contributed by atoms with Crippen LogP contribution in [0.3, 0.4) is 0 Å². The van der Waals surface area contributed by atoms with Crippen LogP contribution in [0.5, 0.6) is 0 Å². The zero-order valence-electron chi connectivity index (χ0n) is 11.3. The monoisotopic (exact) mass is 288 g/mol. The van der Waals surface area contributed by atoms with Crippen LogP contribution >= 0.6 is 0 Å². The molecule has 2 saturated carbocycles. The van der Waals surface area contributed by atoms with E-state index in [-0.39, 0.29) is 11.8 Å². The van der Waals surface area contributed by atoms with E-state index in [9.17, 15) is 8.42 Å². The lowest BCUT2D eigenvalue weighted by atomic mass is 9.84. The number of fused-ring (bicyclic) bond motifs is 2. The molecule has 2 bridgehead atoms. The highest BCUT2D eigenvalue weighted by molar-refractivity contribution is 7.89. The molecular formula is C13H24N2O3S. The Morgan fingerprint density at radius 3 is 2.53 bits per heavy atom. The first-order valence-corrected chi connectivity index (χ1v) is 8.98. The molecule has 1 aliphatic heterocycles. The molecule has 5 nitrogen and oxygen atoms in total. The summed E-state index contributed by atoms with van der Waals surface area (Å²) in [6, 6.07) is -0.192. The summed E-state index contributed by atoms with van der Waals surface area (Å²) in [6.45, 7) is 1.96. The molecule has 0 aromatic heterocycles. The molecule has 6 heteroatoms. The summed E-state index contributed by atoms with van der Waals surface area (Å²) in [4.78, 5) is 0. The predicted octanol–water partition coefficient (Wildman–Crippen LogP) is 0.412.